The van der Waals surface area contributed by atoms with Gasteiger partial charge in [-0.25, -0.2) is 0 Å². The number of rotatable bonds is 3. The molecule has 19 heavy (non-hydrogen) atoms. The van der Waals surface area contributed by atoms with Crippen LogP contribution in [-0.2, 0) is 10.1 Å². The molecule has 0 N–H and O–H groups in total. The van der Waals surface area contributed by atoms with E-state index in [9.17, 15) is 8.42 Å². The molecule has 0 aromatic heterocycles. The summed E-state index contributed by atoms with van der Waals surface area (Å²) < 4.78 is 29.8. The molecule has 0 unspecified atom stereocenters. The lowest BCUT2D eigenvalue weighted by atomic mass is 10.2. The van der Waals surface area contributed by atoms with E-state index in [1.165, 1.54) is 18.2 Å². The van der Waals surface area contributed by atoms with Gasteiger partial charge in [0, 0.05) is 11.1 Å². The lowest BCUT2D eigenvalue weighted by molar-refractivity contribution is 0.484. The number of aryl methyl sites for hydroxylation is 1. The third kappa shape index (κ3) is 3.49. The van der Waals surface area contributed by atoms with Gasteiger partial charge in [0.1, 0.15) is 4.90 Å². The van der Waals surface area contributed by atoms with Gasteiger partial charge in [0.05, 0.1) is 4.47 Å². The van der Waals surface area contributed by atoms with E-state index in [1.54, 1.807) is 24.3 Å². The van der Waals surface area contributed by atoms with Gasteiger partial charge in [0.15, 0.2) is 5.75 Å². The highest BCUT2D eigenvalue weighted by Crippen LogP contribution is 2.30. The van der Waals surface area contributed by atoms with E-state index in [2.05, 4.69) is 15.9 Å². The van der Waals surface area contributed by atoms with Crippen molar-refractivity contribution in [1.82, 2.24) is 0 Å². The highest BCUT2D eigenvalue weighted by molar-refractivity contribution is 9.10. The van der Waals surface area contributed by atoms with Crippen molar-refractivity contribution in [3.05, 3.63) is 57.5 Å². The highest BCUT2D eigenvalue weighted by atomic mass is 79.9. The van der Waals surface area contributed by atoms with Crippen LogP contribution in [0.15, 0.2) is 51.8 Å². The molecule has 0 spiro atoms. The molecule has 0 saturated carbocycles. The summed E-state index contributed by atoms with van der Waals surface area (Å²) in [6.07, 6.45) is 0. The number of benzene rings is 2. The molecular formula is C13H10BrClO3S. The van der Waals surface area contributed by atoms with Crippen molar-refractivity contribution in [2.75, 3.05) is 0 Å². The average molecular weight is 362 g/mol. The van der Waals surface area contributed by atoms with Crippen LogP contribution in [0.4, 0.5) is 0 Å². The van der Waals surface area contributed by atoms with Crippen LogP contribution in [0.1, 0.15) is 5.56 Å². The summed E-state index contributed by atoms with van der Waals surface area (Å²) in [7, 11) is -3.86. The zero-order valence-electron chi connectivity index (χ0n) is 9.93. The first-order valence-corrected chi connectivity index (χ1v) is 7.92. The summed E-state index contributed by atoms with van der Waals surface area (Å²) in [5.74, 6) is 0.160. The molecule has 0 heterocycles. The Hall–Kier alpha value is -1.04. The van der Waals surface area contributed by atoms with E-state index in [0.717, 1.165) is 5.56 Å². The molecule has 2 aromatic rings. The summed E-state index contributed by atoms with van der Waals surface area (Å²) in [5.41, 5.74) is 0.975. The molecular weight excluding hydrogens is 352 g/mol. The second-order valence-corrected chi connectivity index (χ2v) is 6.76. The van der Waals surface area contributed by atoms with Gasteiger partial charge >= 0.3 is 10.1 Å². The molecule has 0 saturated heterocycles. The second kappa shape index (κ2) is 5.53. The zero-order valence-corrected chi connectivity index (χ0v) is 13.1. The van der Waals surface area contributed by atoms with Gasteiger partial charge in [0.25, 0.3) is 0 Å². The third-order valence-corrected chi connectivity index (χ3v) is 4.54. The topological polar surface area (TPSA) is 43.4 Å². The molecule has 3 nitrogen and oxygen atoms in total. The minimum atomic E-state index is -3.86. The fraction of sp³-hybridized carbons (Fsp3) is 0.0769. The monoisotopic (exact) mass is 360 g/mol. The van der Waals surface area contributed by atoms with Crippen molar-refractivity contribution < 1.29 is 12.6 Å². The molecule has 6 heteroatoms. The van der Waals surface area contributed by atoms with E-state index in [1.807, 2.05) is 6.92 Å². The predicted molar refractivity (Wildman–Crippen MR) is 78.1 cm³/mol. The lowest BCUT2D eigenvalue weighted by Crippen LogP contribution is -2.10. The van der Waals surface area contributed by atoms with E-state index in [4.69, 9.17) is 15.8 Å². The minimum Gasteiger partial charge on any atom is -0.378 e. The first-order chi connectivity index (χ1) is 8.88. The van der Waals surface area contributed by atoms with Crippen LogP contribution in [-0.4, -0.2) is 8.42 Å². The number of halogens is 2. The maximum Gasteiger partial charge on any atom is 0.339 e. The van der Waals surface area contributed by atoms with Crippen molar-refractivity contribution >= 4 is 37.6 Å². The summed E-state index contributed by atoms with van der Waals surface area (Å²) in [5, 5.41) is 0.400. The maximum absolute atomic E-state index is 12.1. The van der Waals surface area contributed by atoms with Crippen LogP contribution in [0, 0.1) is 6.92 Å². The van der Waals surface area contributed by atoms with Gasteiger partial charge in [-0.15, -0.1) is 0 Å². The molecule has 2 aromatic carbocycles. The van der Waals surface area contributed by atoms with E-state index in [-0.39, 0.29) is 10.6 Å². The normalized spacial score (nSPS) is 11.3. The Balaban J connectivity index is 2.36. The molecule has 2 rings (SSSR count). The minimum absolute atomic E-state index is 0.102. The molecule has 0 radical (unpaired) electrons. The smallest absolute Gasteiger partial charge is 0.339 e. The molecule has 0 fully saturated rings. The average Bonchev–Trinajstić information content (AvgIpc) is 2.34. The fourth-order valence-corrected chi connectivity index (χ4v) is 2.95. The van der Waals surface area contributed by atoms with E-state index in [0.29, 0.717) is 9.50 Å². The van der Waals surface area contributed by atoms with Crippen LogP contribution >= 0.6 is 27.5 Å². The Morgan fingerprint density at radius 3 is 2.37 bits per heavy atom. The molecule has 0 bridgehead atoms. The summed E-state index contributed by atoms with van der Waals surface area (Å²) in [4.78, 5) is 0.102. The molecule has 0 aliphatic heterocycles. The van der Waals surface area contributed by atoms with Crippen LogP contribution in [0.25, 0.3) is 0 Å². The Morgan fingerprint density at radius 2 is 1.74 bits per heavy atom. The number of hydrogen-bond acceptors (Lipinski definition) is 3. The maximum atomic E-state index is 12.1. The van der Waals surface area contributed by atoms with E-state index >= 15 is 0 Å². The van der Waals surface area contributed by atoms with Crippen LogP contribution < -0.4 is 4.18 Å². The Bertz CT molecular complexity index is 696. The van der Waals surface area contributed by atoms with Gasteiger partial charge in [-0.05, 0) is 47.1 Å². The summed E-state index contributed by atoms with van der Waals surface area (Å²) in [6, 6.07) is 11.1. The van der Waals surface area contributed by atoms with Gasteiger partial charge < -0.3 is 4.18 Å². The highest BCUT2D eigenvalue weighted by Gasteiger charge is 2.18. The lowest BCUT2D eigenvalue weighted by Gasteiger charge is -2.09. The van der Waals surface area contributed by atoms with E-state index < -0.39 is 10.1 Å². The van der Waals surface area contributed by atoms with Gasteiger partial charge in [-0.2, -0.15) is 8.42 Å². The molecule has 0 amide bonds. The summed E-state index contributed by atoms with van der Waals surface area (Å²) >= 11 is 9.04. The standard InChI is InChI=1S/C13H10BrClO3S/c1-9-2-5-11(6-3-9)19(16,17)18-13-8-10(15)4-7-12(13)14/h2-8H,1H3. The Labute approximate surface area is 125 Å². The first kappa shape index (κ1) is 14.4. The molecule has 100 valence electrons. The summed E-state index contributed by atoms with van der Waals surface area (Å²) in [6.45, 7) is 1.88. The largest absolute Gasteiger partial charge is 0.378 e. The molecule has 0 atom stereocenters. The van der Waals surface area contributed by atoms with Gasteiger partial charge in [0.2, 0.25) is 0 Å². The van der Waals surface area contributed by atoms with Gasteiger partial charge in [-0.3, -0.25) is 0 Å². The van der Waals surface area contributed by atoms with Crippen LogP contribution in [0.3, 0.4) is 0 Å². The van der Waals surface area contributed by atoms with Gasteiger partial charge in [-0.1, -0.05) is 29.3 Å². The van der Waals surface area contributed by atoms with Crippen molar-refractivity contribution in [2.24, 2.45) is 0 Å². The zero-order chi connectivity index (χ0) is 14.0. The fourth-order valence-electron chi connectivity index (χ4n) is 1.41. The molecule has 0 aliphatic rings. The predicted octanol–water partition coefficient (Wildman–Crippen LogP) is 4.18. The van der Waals surface area contributed by atoms with Crippen molar-refractivity contribution in [3.8, 4) is 5.75 Å². The SMILES string of the molecule is Cc1ccc(S(=O)(=O)Oc2cc(Cl)ccc2Br)cc1. The first-order valence-electron chi connectivity index (χ1n) is 5.35. The van der Waals surface area contributed by atoms with Crippen LogP contribution in [0.5, 0.6) is 5.75 Å². The Kier molecular flexibility index (Phi) is 4.18. The second-order valence-electron chi connectivity index (χ2n) is 3.93. The Morgan fingerprint density at radius 1 is 1.11 bits per heavy atom. The third-order valence-electron chi connectivity index (χ3n) is 2.40. The van der Waals surface area contributed by atoms with Crippen molar-refractivity contribution in [3.63, 3.8) is 0 Å². The van der Waals surface area contributed by atoms with Crippen molar-refractivity contribution in [2.45, 2.75) is 11.8 Å². The quantitative estimate of drug-likeness (QED) is 0.770. The number of hydrogen-bond donors (Lipinski definition) is 0. The molecule has 0 aliphatic carbocycles. The van der Waals surface area contributed by atoms with Crippen molar-refractivity contribution in [1.29, 1.82) is 0 Å². The van der Waals surface area contributed by atoms with Crippen LogP contribution in [0.2, 0.25) is 5.02 Å².